The van der Waals surface area contributed by atoms with E-state index in [9.17, 15) is 22.4 Å². The summed E-state index contributed by atoms with van der Waals surface area (Å²) in [7, 11) is 0. The number of halogens is 4. The van der Waals surface area contributed by atoms with Gasteiger partial charge in [0.1, 0.15) is 5.82 Å². The number of hydrogen-bond donors (Lipinski definition) is 1. The highest BCUT2D eigenvalue weighted by atomic mass is 19.4. The van der Waals surface area contributed by atoms with Gasteiger partial charge >= 0.3 is 12.1 Å². The molecule has 1 spiro atoms. The maximum absolute atomic E-state index is 13.3. The number of ether oxygens (including phenoxy) is 1. The molecule has 1 aliphatic carbocycles. The molecule has 2 heterocycles. The van der Waals surface area contributed by atoms with Crippen LogP contribution in [0.3, 0.4) is 0 Å². The van der Waals surface area contributed by atoms with E-state index in [0.717, 1.165) is 63.8 Å². The van der Waals surface area contributed by atoms with E-state index in [2.05, 4.69) is 4.90 Å². The van der Waals surface area contributed by atoms with Crippen molar-refractivity contribution >= 4 is 11.9 Å². The molecule has 0 atom stereocenters. The van der Waals surface area contributed by atoms with E-state index in [1.54, 1.807) is 6.07 Å². The molecule has 178 valence electrons. The van der Waals surface area contributed by atoms with Gasteiger partial charge in [0.2, 0.25) is 5.91 Å². The van der Waals surface area contributed by atoms with Gasteiger partial charge in [0, 0.05) is 32.2 Å². The molecular formula is C22H28F4N2O4. The van der Waals surface area contributed by atoms with E-state index >= 15 is 0 Å². The van der Waals surface area contributed by atoms with Crippen molar-refractivity contribution in [1.82, 2.24) is 9.80 Å². The van der Waals surface area contributed by atoms with E-state index in [4.69, 9.17) is 14.6 Å². The van der Waals surface area contributed by atoms with Gasteiger partial charge in [-0.3, -0.25) is 9.69 Å². The number of carbonyl (C=O) groups excluding carboxylic acids is 1. The molecule has 0 unspecified atom stereocenters. The lowest BCUT2D eigenvalue weighted by Gasteiger charge is -2.55. The van der Waals surface area contributed by atoms with Crippen LogP contribution in [0.15, 0.2) is 24.3 Å². The number of rotatable bonds is 3. The first-order valence-corrected chi connectivity index (χ1v) is 10.7. The summed E-state index contributed by atoms with van der Waals surface area (Å²) in [5.74, 6) is -2.90. The van der Waals surface area contributed by atoms with Gasteiger partial charge in [-0.1, -0.05) is 12.1 Å². The van der Waals surface area contributed by atoms with Crippen LogP contribution in [0, 0.1) is 11.2 Å². The minimum absolute atomic E-state index is 0.129. The van der Waals surface area contributed by atoms with E-state index in [1.807, 2.05) is 11.0 Å². The quantitative estimate of drug-likeness (QED) is 0.702. The van der Waals surface area contributed by atoms with Gasteiger partial charge in [0.25, 0.3) is 0 Å². The maximum Gasteiger partial charge on any atom is 0.490 e. The van der Waals surface area contributed by atoms with Crippen molar-refractivity contribution in [2.75, 3.05) is 39.4 Å². The van der Waals surface area contributed by atoms with Crippen LogP contribution in [0.4, 0.5) is 17.6 Å². The topological polar surface area (TPSA) is 70.1 Å². The van der Waals surface area contributed by atoms with E-state index < -0.39 is 12.1 Å². The van der Waals surface area contributed by atoms with Crippen LogP contribution in [0.25, 0.3) is 0 Å². The predicted octanol–water partition coefficient (Wildman–Crippen LogP) is 3.10. The molecule has 3 aliphatic rings. The molecular weight excluding hydrogens is 432 g/mol. The third-order valence-electron chi connectivity index (χ3n) is 6.56. The van der Waals surface area contributed by atoms with Crippen LogP contribution in [0.1, 0.15) is 31.2 Å². The monoisotopic (exact) mass is 460 g/mol. The number of alkyl halides is 3. The fraction of sp³-hybridized carbons (Fsp3) is 0.636. The van der Waals surface area contributed by atoms with Crippen LogP contribution in [-0.4, -0.2) is 78.4 Å². The molecule has 1 amide bonds. The first-order valence-electron chi connectivity index (χ1n) is 10.7. The predicted molar refractivity (Wildman–Crippen MR) is 107 cm³/mol. The van der Waals surface area contributed by atoms with Crippen LogP contribution in [-0.2, 0) is 20.7 Å². The van der Waals surface area contributed by atoms with Gasteiger partial charge in [0.15, 0.2) is 0 Å². The van der Waals surface area contributed by atoms with Gasteiger partial charge in [0.05, 0.1) is 19.6 Å². The second kappa shape index (κ2) is 10.2. The molecule has 10 heteroatoms. The number of benzene rings is 1. The van der Waals surface area contributed by atoms with Crippen molar-refractivity contribution in [1.29, 1.82) is 0 Å². The molecule has 4 rings (SSSR count). The van der Waals surface area contributed by atoms with Crippen LogP contribution in [0.2, 0.25) is 0 Å². The lowest BCUT2D eigenvalue weighted by Crippen LogP contribution is -2.57. The van der Waals surface area contributed by atoms with Crippen LogP contribution in [0.5, 0.6) is 0 Å². The average molecular weight is 460 g/mol. The third kappa shape index (κ3) is 6.41. The maximum atomic E-state index is 13.3. The molecule has 3 fully saturated rings. The van der Waals surface area contributed by atoms with Gasteiger partial charge in [-0.25, -0.2) is 9.18 Å². The Kier molecular flexibility index (Phi) is 7.76. The van der Waals surface area contributed by atoms with Crippen LogP contribution >= 0.6 is 0 Å². The zero-order chi connectivity index (χ0) is 23.4. The molecule has 0 bridgehead atoms. The molecule has 32 heavy (non-hydrogen) atoms. The molecule has 6 nitrogen and oxygen atoms in total. The number of carbonyl (C=O) groups is 2. The summed E-state index contributed by atoms with van der Waals surface area (Å²) in [5.41, 5.74) is 1.22. The number of hydrogen-bond acceptors (Lipinski definition) is 4. The molecule has 2 aliphatic heterocycles. The Morgan fingerprint density at radius 1 is 1.09 bits per heavy atom. The summed E-state index contributed by atoms with van der Waals surface area (Å²) < 4.78 is 50.4. The number of likely N-dealkylation sites (tertiary alicyclic amines) is 1. The number of nitrogens with zero attached hydrogens (tertiary/aromatic N) is 2. The van der Waals surface area contributed by atoms with E-state index in [1.165, 1.54) is 25.0 Å². The average Bonchev–Trinajstić information content (AvgIpc) is 2.72. The Balaban J connectivity index is 0.000000360. The zero-order valence-electron chi connectivity index (χ0n) is 17.7. The highest BCUT2D eigenvalue weighted by molar-refractivity contribution is 5.78. The summed E-state index contributed by atoms with van der Waals surface area (Å²) in [6.45, 7) is 5.57. The minimum Gasteiger partial charge on any atom is -0.475 e. The van der Waals surface area contributed by atoms with Crippen LogP contribution < -0.4 is 0 Å². The van der Waals surface area contributed by atoms with Crippen molar-refractivity contribution in [3.05, 3.63) is 35.6 Å². The van der Waals surface area contributed by atoms with Crippen molar-refractivity contribution in [3.63, 3.8) is 0 Å². The number of carboxylic acid groups (broad SMARTS) is 1. The Hall–Kier alpha value is -2.20. The molecule has 1 aromatic rings. The highest BCUT2D eigenvalue weighted by Crippen LogP contribution is 2.51. The fourth-order valence-corrected chi connectivity index (χ4v) is 4.71. The second-order valence-corrected chi connectivity index (χ2v) is 8.70. The minimum atomic E-state index is -5.08. The molecule has 1 saturated carbocycles. The van der Waals surface area contributed by atoms with Gasteiger partial charge in [-0.15, -0.1) is 0 Å². The van der Waals surface area contributed by atoms with E-state index in [0.29, 0.717) is 11.8 Å². The Morgan fingerprint density at radius 3 is 2.22 bits per heavy atom. The van der Waals surface area contributed by atoms with E-state index in [-0.39, 0.29) is 11.7 Å². The summed E-state index contributed by atoms with van der Waals surface area (Å²) in [6, 6.07) is 7.09. The summed E-state index contributed by atoms with van der Waals surface area (Å²) in [5, 5.41) is 7.12. The van der Waals surface area contributed by atoms with Gasteiger partial charge < -0.3 is 14.7 Å². The number of morpholine rings is 1. The number of piperidine rings is 1. The van der Waals surface area contributed by atoms with Crippen molar-refractivity contribution in [3.8, 4) is 0 Å². The highest BCUT2D eigenvalue weighted by Gasteiger charge is 2.48. The second-order valence-electron chi connectivity index (χ2n) is 8.70. The third-order valence-corrected chi connectivity index (χ3v) is 6.56. The van der Waals surface area contributed by atoms with Crippen molar-refractivity contribution < 1.29 is 37.0 Å². The first kappa shape index (κ1) is 24.4. The summed E-state index contributed by atoms with van der Waals surface area (Å²) in [6.07, 6.45) is 0.00444. The van der Waals surface area contributed by atoms with Gasteiger partial charge in [-0.05, 0) is 48.8 Å². The van der Waals surface area contributed by atoms with Crippen molar-refractivity contribution in [2.45, 2.75) is 44.3 Å². The Labute approximate surface area is 184 Å². The standard InChI is InChI=1S/C20H27FN2O2.C2HF3O2/c21-17-3-1-2-16(12-17)13-19(24)23-6-4-20(5-7-23)14-18(15-20)22-8-10-25-11-9-22;3-2(4,5)1(6)7/h1-3,12,18H,4-11,13-15H2;(H,6,7). The molecule has 0 aromatic heterocycles. The fourth-order valence-electron chi connectivity index (χ4n) is 4.71. The Morgan fingerprint density at radius 2 is 1.69 bits per heavy atom. The lowest BCUT2D eigenvalue weighted by atomic mass is 9.60. The zero-order valence-corrected chi connectivity index (χ0v) is 17.7. The first-order chi connectivity index (χ1) is 15.1. The largest absolute Gasteiger partial charge is 0.490 e. The molecule has 2 saturated heterocycles. The number of aliphatic carboxylic acids is 1. The van der Waals surface area contributed by atoms with Crippen molar-refractivity contribution in [2.24, 2.45) is 5.41 Å². The summed E-state index contributed by atoms with van der Waals surface area (Å²) >= 11 is 0. The number of amides is 1. The normalized spacial score (nSPS) is 21.4. The number of carboxylic acids is 1. The molecule has 1 N–H and O–H groups in total. The lowest BCUT2D eigenvalue weighted by molar-refractivity contribution is -0.192. The SMILES string of the molecule is O=C(Cc1cccc(F)c1)N1CCC2(CC1)CC(N1CCOCC1)C2.O=C(O)C(F)(F)F. The summed E-state index contributed by atoms with van der Waals surface area (Å²) in [4.78, 5) is 25.9. The van der Waals surface area contributed by atoms with Gasteiger partial charge in [-0.2, -0.15) is 13.2 Å². The Bertz CT molecular complexity index is 795. The smallest absolute Gasteiger partial charge is 0.475 e. The molecule has 0 radical (unpaired) electrons. The molecule has 1 aromatic carbocycles.